The van der Waals surface area contributed by atoms with Crippen LogP contribution in [0.3, 0.4) is 0 Å². The quantitative estimate of drug-likeness (QED) is 0.476. The van der Waals surface area contributed by atoms with Crippen molar-refractivity contribution in [3.05, 3.63) is 0 Å². The van der Waals surface area contributed by atoms with Crippen molar-refractivity contribution < 1.29 is 19.0 Å². The zero-order chi connectivity index (χ0) is 13.8. The molecule has 0 bridgehead atoms. The van der Waals surface area contributed by atoms with Gasteiger partial charge >= 0.3 is 0 Å². The fraction of sp³-hybridized carbons (Fsp3) is 0.909. The second-order valence-corrected chi connectivity index (χ2v) is 6.55. The maximum atomic E-state index is 10.9. The van der Waals surface area contributed by atoms with E-state index in [-0.39, 0.29) is 18.0 Å². The molecule has 0 aliphatic carbocycles. The average Bonchev–Trinajstić information content (AvgIpc) is 2.19. The summed E-state index contributed by atoms with van der Waals surface area (Å²) in [6, 6.07) is 0. The van der Waals surface area contributed by atoms with E-state index in [2.05, 4.69) is 4.99 Å². The third kappa shape index (κ3) is 5.42. The highest BCUT2D eigenvalue weighted by atomic mass is 31.1. The van der Waals surface area contributed by atoms with Gasteiger partial charge < -0.3 is 9.63 Å². The van der Waals surface area contributed by atoms with Crippen LogP contribution in [0, 0.1) is 0 Å². The lowest BCUT2D eigenvalue weighted by Gasteiger charge is -2.38. The lowest BCUT2D eigenvalue weighted by atomic mass is 10.0. The monoisotopic (exact) mass is 276 g/mol. The van der Waals surface area contributed by atoms with E-state index in [1.807, 2.05) is 20.8 Å². The Hall–Kier alpha value is -0.510. The van der Waals surface area contributed by atoms with Gasteiger partial charge in [-0.05, 0) is 27.2 Å². The third-order valence-electron chi connectivity index (χ3n) is 2.69. The molecule has 6 nitrogen and oxygen atoms in total. The molecule has 7 heteroatoms. The molecule has 104 valence electrons. The number of aliphatic imine (C=N–C) groups is 1. The van der Waals surface area contributed by atoms with Crippen LogP contribution < -0.4 is 0 Å². The summed E-state index contributed by atoms with van der Waals surface area (Å²) in [7, 11) is -2.59. The number of rotatable bonds is 4. The summed E-state index contributed by atoms with van der Waals surface area (Å²) >= 11 is 0. The molecule has 0 amide bonds. The maximum absolute atomic E-state index is 10.9. The van der Waals surface area contributed by atoms with Gasteiger partial charge in [-0.15, -0.1) is 0 Å². The summed E-state index contributed by atoms with van der Waals surface area (Å²) in [6.07, 6.45) is 2.55. The van der Waals surface area contributed by atoms with Crippen LogP contribution in [0.15, 0.2) is 4.99 Å². The molecule has 1 heterocycles. The number of isocyanates is 1. The lowest BCUT2D eigenvalue weighted by molar-refractivity contribution is -0.0904. The fourth-order valence-electron chi connectivity index (χ4n) is 2.12. The lowest BCUT2D eigenvalue weighted by Crippen LogP contribution is -2.45. The molecule has 0 aromatic heterocycles. The molecule has 1 rings (SSSR count). The standard InChI is InChI=1S/C11H21N2O4P/c1-11(2,3)17-9-4-5-13(8-18(15)16)10(6-9)12-7-14/h9-10,18H,4-6,8H2,1-3H3,(H,15,16). The zero-order valence-electron chi connectivity index (χ0n) is 11.0. The molecule has 0 aromatic rings. The topological polar surface area (TPSA) is 79.2 Å². The molecule has 0 saturated carbocycles. The first-order valence-electron chi connectivity index (χ1n) is 6.02. The Morgan fingerprint density at radius 1 is 1.56 bits per heavy atom. The summed E-state index contributed by atoms with van der Waals surface area (Å²) in [5.41, 5.74) is -0.243. The van der Waals surface area contributed by atoms with Crippen LogP contribution in [0.25, 0.3) is 0 Å². The minimum absolute atomic E-state index is 0.0179. The molecule has 1 aliphatic heterocycles. The fourth-order valence-corrected chi connectivity index (χ4v) is 2.84. The normalized spacial score (nSPS) is 27.6. The molecule has 0 radical (unpaired) electrons. The molecule has 0 aromatic carbocycles. The molecule has 1 fully saturated rings. The van der Waals surface area contributed by atoms with E-state index in [1.165, 1.54) is 6.08 Å². The van der Waals surface area contributed by atoms with Gasteiger partial charge in [-0.2, -0.15) is 4.99 Å². The van der Waals surface area contributed by atoms with Gasteiger partial charge in [0, 0.05) is 13.0 Å². The van der Waals surface area contributed by atoms with Gasteiger partial charge in [-0.1, -0.05) is 0 Å². The average molecular weight is 276 g/mol. The molecular formula is C11H21N2O4P. The van der Waals surface area contributed by atoms with Crippen LogP contribution in [0.5, 0.6) is 0 Å². The summed E-state index contributed by atoms with van der Waals surface area (Å²) in [5.74, 6) is 0. The minimum atomic E-state index is -2.59. The van der Waals surface area contributed by atoms with Crippen LogP contribution in [0.2, 0.25) is 0 Å². The van der Waals surface area contributed by atoms with E-state index < -0.39 is 14.2 Å². The van der Waals surface area contributed by atoms with Crippen LogP contribution in [-0.4, -0.2) is 46.6 Å². The van der Waals surface area contributed by atoms with Crippen molar-refractivity contribution in [2.75, 3.05) is 12.8 Å². The smallest absolute Gasteiger partial charge is 0.236 e. The highest BCUT2D eigenvalue weighted by Gasteiger charge is 2.31. The third-order valence-corrected chi connectivity index (χ3v) is 3.37. The molecule has 1 aliphatic rings. The highest BCUT2D eigenvalue weighted by molar-refractivity contribution is 7.37. The van der Waals surface area contributed by atoms with Crippen molar-refractivity contribution >= 4 is 14.1 Å². The number of hydrogen-bond donors (Lipinski definition) is 1. The Kier molecular flexibility index (Phi) is 5.70. The Balaban J connectivity index is 2.64. The van der Waals surface area contributed by atoms with Gasteiger partial charge in [0.05, 0.1) is 18.0 Å². The van der Waals surface area contributed by atoms with Crippen molar-refractivity contribution in [2.45, 2.75) is 51.5 Å². The van der Waals surface area contributed by atoms with Gasteiger partial charge in [0.25, 0.3) is 0 Å². The van der Waals surface area contributed by atoms with Crippen molar-refractivity contribution in [2.24, 2.45) is 4.99 Å². The van der Waals surface area contributed by atoms with Crippen LogP contribution in [0.4, 0.5) is 0 Å². The maximum Gasteiger partial charge on any atom is 0.236 e. The van der Waals surface area contributed by atoms with Gasteiger partial charge in [0.1, 0.15) is 6.17 Å². The van der Waals surface area contributed by atoms with Crippen LogP contribution in [0.1, 0.15) is 33.6 Å². The SMILES string of the molecule is CC(C)(C)OC1CCN(C[PH](=O)O)C(N=C=O)C1. The summed E-state index contributed by atoms with van der Waals surface area (Å²) in [6.45, 7) is 6.53. The minimum Gasteiger partial charge on any atom is -0.372 e. The molecular weight excluding hydrogens is 255 g/mol. The Bertz CT molecular complexity index is 349. The van der Waals surface area contributed by atoms with E-state index in [9.17, 15) is 9.36 Å². The molecule has 0 spiro atoms. The second-order valence-electron chi connectivity index (χ2n) is 5.44. The summed E-state index contributed by atoms with van der Waals surface area (Å²) in [5, 5.41) is 0. The van der Waals surface area contributed by atoms with Gasteiger partial charge in [-0.25, -0.2) is 4.79 Å². The van der Waals surface area contributed by atoms with Gasteiger partial charge in [0.15, 0.2) is 0 Å². The second kappa shape index (κ2) is 6.60. The predicted molar refractivity (Wildman–Crippen MR) is 68.6 cm³/mol. The summed E-state index contributed by atoms with van der Waals surface area (Å²) < 4.78 is 16.8. The first-order chi connectivity index (χ1) is 8.31. The molecule has 1 N–H and O–H groups in total. The van der Waals surface area contributed by atoms with E-state index >= 15 is 0 Å². The number of nitrogens with zero attached hydrogens (tertiary/aromatic N) is 2. The van der Waals surface area contributed by atoms with Gasteiger partial charge in [0.2, 0.25) is 14.1 Å². The number of carbonyl (C=O) groups excluding carboxylic acids is 1. The van der Waals surface area contributed by atoms with E-state index in [0.29, 0.717) is 13.0 Å². The van der Waals surface area contributed by atoms with Crippen LogP contribution >= 0.6 is 8.03 Å². The van der Waals surface area contributed by atoms with E-state index in [1.54, 1.807) is 4.90 Å². The first kappa shape index (κ1) is 15.5. The van der Waals surface area contributed by atoms with Crippen molar-refractivity contribution in [1.29, 1.82) is 0 Å². The van der Waals surface area contributed by atoms with Crippen LogP contribution in [-0.2, 0) is 14.1 Å². The Labute approximate surface area is 108 Å². The molecule has 3 unspecified atom stereocenters. The number of ether oxygens (including phenoxy) is 1. The van der Waals surface area contributed by atoms with Crippen molar-refractivity contribution in [3.63, 3.8) is 0 Å². The number of piperidine rings is 1. The largest absolute Gasteiger partial charge is 0.372 e. The highest BCUT2D eigenvalue weighted by Crippen LogP contribution is 2.28. The predicted octanol–water partition coefficient (Wildman–Crippen LogP) is 1.35. The molecule has 3 atom stereocenters. The van der Waals surface area contributed by atoms with E-state index in [0.717, 1.165) is 6.42 Å². The van der Waals surface area contributed by atoms with Crippen molar-refractivity contribution in [3.8, 4) is 0 Å². The summed E-state index contributed by atoms with van der Waals surface area (Å²) in [4.78, 5) is 24.8. The Morgan fingerprint density at radius 3 is 2.72 bits per heavy atom. The number of likely N-dealkylation sites (tertiary alicyclic amines) is 1. The molecule has 18 heavy (non-hydrogen) atoms. The first-order valence-corrected chi connectivity index (χ1v) is 7.59. The number of hydrogen-bond acceptors (Lipinski definition) is 5. The zero-order valence-corrected chi connectivity index (χ0v) is 12.0. The molecule has 1 saturated heterocycles. The Morgan fingerprint density at radius 2 is 2.22 bits per heavy atom. The van der Waals surface area contributed by atoms with Crippen molar-refractivity contribution in [1.82, 2.24) is 4.90 Å². The van der Waals surface area contributed by atoms with E-state index in [4.69, 9.17) is 9.63 Å². The van der Waals surface area contributed by atoms with Gasteiger partial charge in [-0.3, -0.25) is 9.46 Å².